The van der Waals surface area contributed by atoms with E-state index in [2.05, 4.69) is 14.9 Å². The Morgan fingerprint density at radius 2 is 2.29 bits per heavy atom. The Balaban J connectivity index is 2.14. The van der Waals surface area contributed by atoms with Gasteiger partial charge in [0.2, 0.25) is 0 Å². The number of aryl methyl sites for hydroxylation is 1. The lowest BCUT2D eigenvalue weighted by Crippen LogP contribution is -2.37. The van der Waals surface area contributed by atoms with Crippen molar-refractivity contribution < 1.29 is 9.90 Å². The molecule has 1 N–H and O–H groups in total. The molecule has 1 aromatic rings. The largest absolute Gasteiger partial charge is 0.395 e. The van der Waals surface area contributed by atoms with E-state index in [4.69, 9.17) is 5.11 Å². The number of likely N-dealkylation sites (tertiary alicyclic amines) is 1. The zero-order valence-electron chi connectivity index (χ0n) is 13.0. The predicted molar refractivity (Wildman–Crippen MR) is 80.3 cm³/mol. The summed E-state index contributed by atoms with van der Waals surface area (Å²) in [6, 6.07) is 0. The number of β-amino-alcohol motifs (C(OH)–C–C–N with tert-alkyl or cyclic N) is 1. The fourth-order valence-corrected chi connectivity index (χ4v) is 2.74. The number of aliphatic hydroxyl groups excluding tert-OH is 1. The maximum atomic E-state index is 12.0. The molecule has 1 aliphatic rings. The van der Waals surface area contributed by atoms with Crippen LogP contribution in [-0.4, -0.2) is 71.1 Å². The average Bonchev–Trinajstić information content (AvgIpc) is 2.47. The van der Waals surface area contributed by atoms with Gasteiger partial charge in [-0.3, -0.25) is 4.79 Å². The molecule has 0 aromatic carbocycles. The fourth-order valence-electron chi connectivity index (χ4n) is 2.74. The number of amides is 1. The zero-order valence-corrected chi connectivity index (χ0v) is 13.0. The van der Waals surface area contributed by atoms with Crippen molar-refractivity contribution >= 4 is 5.91 Å². The fraction of sp³-hybridized carbons (Fsp3) is 0.667. The van der Waals surface area contributed by atoms with Crippen molar-refractivity contribution in [3.05, 3.63) is 23.3 Å². The number of nitrogens with zero attached hydrogens (tertiary/aromatic N) is 4. The highest BCUT2D eigenvalue weighted by molar-refractivity contribution is 5.94. The van der Waals surface area contributed by atoms with Gasteiger partial charge in [-0.05, 0) is 26.3 Å². The van der Waals surface area contributed by atoms with E-state index in [9.17, 15) is 4.79 Å². The molecule has 1 aromatic heterocycles. The lowest BCUT2D eigenvalue weighted by Gasteiger charge is -2.31. The van der Waals surface area contributed by atoms with Gasteiger partial charge in [-0.2, -0.15) is 0 Å². The molecule has 0 aliphatic carbocycles. The number of hydrogen-bond donors (Lipinski definition) is 1. The average molecular weight is 292 g/mol. The van der Waals surface area contributed by atoms with E-state index in [1.807, 2.05) is 6.92 Å². The summed E-state index contributed by atoms with van der Waals surface area (Å²) in [5.74, 6) is 1.03. The maximum absolute atomic E-state index is 12.0. The Labute approximate surface area is 125 Å². The van der Waals surface area contributed by atoms with Crippen molar-refractivity contribution in [2.75, 3.05) is 40.3 Å². The molecule has 1 saturated heterocycles. The molecule has 0 spiro atoms. The minimum atomic E-state index is -0.0652. The molecule has 6 heteroatoms. The Kier molecular flexibility index (Phi) is 5.25. The molecule has 116 valence electrons. The second-order valence-electron chi connectivity index (χ2n) is 5.79. The first kappa shape index (κ1) is 15.9. The highest BCUT2D eigenvalue weighted by Crippen LogP contribution is 2.24. The van der Waals surface area contributed by atoms with Crippen LogP contribution in [0.3, 0.4) is 0 Å². The lowest BCUT2D eigenvalue weighted by molar-refractivity contribution is 0.0825. The third kappa shape index (κ3) is 3.77. The molecule has 21 heavy (non-hydrogen) atoms. The van der Waals surface area contributed by atoms with Crippen LogP contribution in [0.15, 0.2) is 6.20 Å². The summed E-state index contributed by atoms with van der Waals surface area (Å²) in [7, 11) is 3.45. The van der Waals surface area contributed by atoms with Crippen molar-refractivity contribution in [3.63, 3.8) is 0 Å². The number of carbonyl (C=O) groups excluding carboxylic acids is 1. The number of aromatic nitrogens is 2. The van der Waals surface area contributed by atoms with Crippen molar-refractivity contribution in [1.29, 1.82) is 0 Å². The van der Waals surface area contributed by atoms with Gasteiger partial charge < -0.3 is 14.9 Å². The summed E-state index contributed by atoms with van der Waals surface area (Å²) in [5, 5.41) is 9.05. The molecule has 1 aliphatic heterocycles. The third-order valence-corrected chi connectivity index (χ3v) is 3.92. The van der Waals surface area contributed by atoms with Crippen molar-refractivity contribution in [2.45, 2.75) is 25.7 Å². The van der Waals surface area contributed by atoms with E-state index in [1.165, 1.54) is 4.90 Å². The first-order valence-corrected chi connectivity index (χ1v) is 7.41. The number of aliphatic hydroxyl groups is 1. The van der Waals surface area contributed by atoms with E-state index < -0.39 is 0 Å². The quantitative estimate of drug-likeness (QED) is 0.883. The van der Waals surface area contributed by atoms with Gasteiger partial charge in [0.25, 0.3) is 5.91 Å². The molecule has 2 heterocycles. The highest BCUT2D eigenvalue weighted by Gasteiger charge is 2.24. The Morgan fingerprint density at radius 1 is 1.52 bits per heavy atom. The van der Waals surface area contributed by atoms with E-state index in [0.29, 0.717) is 12.1 Å². The normalized spacial score (nSPS) is 19.5. The molecule has 0 radical (unpaired) electrons. The molecular weight excluding hydrogens is 268 g/mol. The Hall–Kier alpha value is -1.53. The SMILES string of the molecule is Cc1nc(C2CCCN(CCO)C2)ncc1C(=O)N(C)C. The van der Waals surface area contributed by atoms with E-state index in [-0.39, 0.29) is 18.4 Å². The molecule has 0 saturated carbocycles. The minimum Gasteiger partial charge on any atom is -0.395 e. The van der Waals surface area contributed by atoms with Crippen molar-refractivity contribution in [1.82, 2.24) is 19.8 Å². The zero-order chi connectivity index (χ0) is 15.4. The number of piperidine rings is 1. The van der Waals surface area contributed by atoms with Crippen LogP contribution in [0, 0.1) is 6.92 Å². The maximum Gasteiger partial charge on any atom is 0.256 e. The third-order valence-electron chi connectivity index (χ3n) is 3.92. The number of carbonyl (C=O) groups is 1. The smallest absolute Gasteiger partial charge is 0.256 e. The van der Waals surface area contributed by atoms with Gasteiger partial charge in [-0.25, -0.2) is 9.97 Å². The van der Waals surface area contributed by atoms with Gasteiger partial charge in [-0.1, -0.05) is 0 Å². The van der Waals surface area contributed by atoms with Gasteiger partial charge in [0.1, 0.15) is 5.82 Å². The molecule has 6 nitrogen and oxygen atoms in total. The van der Waals surface area contributed by atoms with Gasteiger partial charge >= 0.3 is 0 Å². The molecule has 1 amide bonds. The Bertz CT molecular complexity index is 502. The van der Waals surface area contributed by atoms with Crippen LogP contribution in [0.25, 0.3) is 0 Å². The summed E-state index contributed by atoms with van der Waals surface area (Å²) >= 11 is 0. The van der Waals surface area contributed by atoms with Gasteiger partial charge in [0.15, 0.2) is 0 Å². The molecule has 1 atom stereocenters. The highest BCUT2D eigenvalue weighted by atomic mass is 16.3. The van der Waals surface area contributed by atoms with Gasteiger partial charge in [-0.15, -0.1) is 0 Å². The predicted octanol–water partition coefficient (Wildman–Crippen LogP) is 0.659. The standard InChI is InChI=1S/C15H24N4O2/c1-11-13(15(21)18(2)3)9-16-14(17-11)12-5-4-6-19(10-12)7-8-20/h9,12,20H,4-8,10H2,1-3H3. The van der Waals surface area contributed by atoms with E-state index >= 15 is 0 Å². The van der Waals surface area contributed by atoms with E-state index in [0.717, 1.165) is 37.4 Å². The molecule has 2 rings (SSSR count). The molecule has 0 bridgehead atoms. The lowest BCUT2D eigenvalue weighted by atomic mass is 9.97. The second-order valence-corrected chi connectivity index (χ2v) is 5.79. The van der Waals surface area contributed by atoms with Gasteiger partial charge in [0.05, 0.1) is 17.9 Å². The summed E-state index contributed by atoms with van der Waals surface area (Å²) in [6.07, 6.45) is 3.79. The van der Waals surface area contributed by atoms with Gasteiger partial charge in [0, 0.05) is 39.3 Å². The molecular formula is C15H24N4O2. The number of hydrogen-bond acceptors (Lipinski definition) is 5. The first-order chi connectivity index (χ1) is 10.0. The minimum absolute atomic E-state index is 0.0652. The van der Waals surface area contributed by atoms with E-state index in [1.54, 1.807) is 20.3 Å². The van der Waals surface area contributed by atoms with Crippen LogP contribution in [-0.2, 0) is 0 Å². The summed E-state index contributed by atoms with van der Waals surface area (Å²) in [5.41, 5.74) is 1.30. The van der Waals surface area contributed by atoms with Crippen molar-refractivity contribution in [2.24, 2.45) is 0 Å². The number of rotatable bonds is 4. The van der Waals surface area contributed by atoms with Crippen LogP contribution in [0.2, 0.25) is 0 Å². The van der Waals surface area contributed by atoms with Crippen molar-refractivity contribution in [3.8, 4) is 0 Å². The van der Waals surface area contributed by atoms with Crippen LogP contribution in [0.4, 0.5) is 0 Å². The Morgan fingerprint density at radius 3 is 2.90 bits per heavy atom. The molecule has 1 unspecified atom stereocenters. The summed E-state index contributed by atoms with van der Waals surface area (Å²) in [4.78, 5) is 24.7. The summed E-state index contributed by atoms with van der Waals surface area (Å²) in [6.45, 7) is 4.64. The van der Waals surface area contributed by atoms with Crippen LogP contribution in [0.1, 0.15) is 40.6 Å². The summed E-state index contributed by atoms with van der Waals surface area (Å²) < 4.78 is 0. The topological polar surface area (TPSA) is 69.6 Å². The molecule has 1 fully saturated rings. The van der Waals surface area contributed by atoms with Crippen LogP contribution < -0.4 is 0 Å². The van der Waals surface area contributed by atoms with Crippen LogP contribution >= 0.6 is 0 Å². The van der Waals surface area contributed by atoms with Crippen LogP contribution in [0.5, 0.6) is 0 Å². The monoisotopic (exact) mass is 292 g/mol. The first-order valence-electron chi connectivity index (χ1n) is 7.41. The second kappa shape index (κ2) is 6.95.